The van der Waals surface area contributed by atoms with Crippen molar-refractivity contribution in [2.24, 2.45) is 7.05 Å². The molecule has 1 aromatic heterocycles. The largest absolute Gasteiger partial charge is 0.477 e. The van der Waals surface area contributed by atoms with Gasteiger partial charge >= 0.3 is 5.97 Å². The van der Waals surface area contributed by atoms with Crippen LogP contribution < -0.4 is 0 Å². The van der Waals surface area contributed by atoms with Crippen molar-refractivity contribution in [3.8, 4) is 11.3 Å². The Kier molecular flexibility index (Phi) is 4.02. The number of carboxylic acids is 1. The topological polar surface area (TPSA) is 51.5 Å². The van der Waals surface area contributed by atoms with Gasteiger partial charge in [0.05, 0.1) is 6.61 Å². The molecule has 2 aromatic rings. The van der Waals surface area contributed by atoms with Crippen molar-refractivity contribution in [1.29, 1.82) is 0 Å². The van der Waals surface area contributed by atoms with E-state index in [1.165, 1.54) is 0 Å². The van der Waals surface area contributed by atoms with Gasteiger partial charge in [0, 0.05) is 25.4 Å². The summed E-state index contributed by atoms with van der Waals surface area (Å²) in [4.78, 5) is 11.1. The van der Waals surface area contributed by atoms with Gasteiger partial charge < -0.3 is 14.4 Å². The number of ether oxygens (including phenoxy) is 1. The number of methoxy groups -OCH3 is 1. The fraction of sp³-hybridized carbons (Fsp3) is 0.267. The second kappa shape index (κ2) is 5.71. The highest BCUT2D eigenvalue weighted by Gasteiger charge is 2.14. The normalized spacial score (nSPS) is 10.6. The fourth-order valence-electron chi connectivity index (χ4n) is 2.20. The van der Waals surface area contributed by atoms with E-state index in [-0.39, 0.29) is 5.69 Å². The van der Waals surface area contributed by atoms with E-state index in [1.807, 2.05) is 30.3 Å². The number of hydrogen-bond donors (Lipinski definition) is 1. The Hall–Kier alpha value is -2.07. The minimum absolute atomic E-state index is 0.288. The minimum Gasteiger partial charge on any atom is -0.477 e. The highest BCUT2D eigenvalue weighted by Crippen LogP contribution is 2.25. The Labute approximate surface area is 112 Å². The lowest BCUT2D eigenvalue weighted by Crippen LogP contribution is -2.06. The van der Waals surface area contributed by atoms with E-state index in [0.29, 0.717) is 6.61 Å². The molecule has 0 radical (unpaired) electrons. The molecule has 0 unspecified atom stereocenters. The third kappa shape index (κ3) is 2.69. The van der Waals surface area contributed by atoms with Crippen LogP contribution in [0.4, 0.5) is 0 Å². The summed E-state index contributed by atoms with van der Waals surface area (Å²) in [6.07, 6.45) is 0.806. The molecule has 4 heteroatoms. The van der Waals surface area contributed by atoms with Gasteiger partial charge in [-0.2, -0.15) is 0 Å². The molecule has 100 valence electrons. The Morgan fingerprint density at radius 1 is 1.26 bits per heavy atom. The molecule has 0 bridgehead atoms. The van der Waals surface area contributed by atoms with Crippen LogP contribution in [0.2, 0.25) is 0 Å². The van der Waals surface area contributed by atoms with Crippen LogP contribution in [-0.2, 0) is 18.2 Å². The molecule has 0 spiro atoms. The van der Waals surface area contributed by atoms with Gasteiger partial charge in [0.1, 0.15) is 5.69 Å². The van der Waals surface area contributed by atoms with Gasteiger partial charge in [-0.05, 0) is 24.1 Å². The van der Waals surface area contributed by atoms with Gasteiger partial charge in [0.15, 0.2) is 0 Å². The smallest absolute Gasteiger partial charge is 0.352 e. The highest BCUT2D eigenvalue weighted by atomic mass is 16.5. The molecular formula is C15H17NO3. The van der Waals surface area contributed by atoms with Crippen LogP contribution in [-0.4, -0.2) is 29.4 Å². The Morgan fingerprint density at radius 2 is 2.00 bits per heavy atom. The molecule has 0 fully saturated rings. The third-order valence-electron chi connectivity index (χ3n) is 3.21. The second-order valence-electron chi connectivity index (χ2n) is 4.37. The zero-order valence-electron chi connectivity index (χ0n) is 11.1. The summed E-state index contributed by atoms with van der Waals surface area (Å²) in [5.41, 5.74) is 3.40. The van der Waals surface area contributed by atoms with Crippen molar-refractivity contribution < 1.29 is 14.6 Å². The first-order chi connectivity index (χ1) is 9.15. The molecule has 0 saturated heterocycles. The van der Waals surface area contributed by atoms with Gasteiger partial charge in [-0.25, -0.2) is 4.79 Å². The van der Waals surface area contributed by atoms with Crippen LogP contribution in [0.5, 0.6) is 0 Å². The molecule has 0 atom stereocenters. The summed E-state index contributed by atoms with van der Waals surface area (Å²) in [5.74, 6) is -0.914. The number of aromatic nitrogens is 1. The summed E-state index contributed by atoms with van der Waals surface area (Å²) in [5, 5.41) is 9.10. The average Bonchev–Trinajstić information content (AvgIpc) is 2.78. The van der Waals surface area contributed by atoms with Crippen LogP contribution >= 0.6 is 0 Å². The van der Waals surface area contributed by atoms with Gasteiger partial charge in [-0.15, -0.1) is 0 Å². The van der Waals surface area contributed by atoms with Crippen molar-refractivity contribution in [3.05, 3.63) is 47.7 Å². The zero-order valence-corrected chi connectivity index (χ0v) is 11.1. The van der Waals surface area contributed by atoms with Crippen LogP contribution in [0.3, 0.4) is 0 Å². The van der Waals surface area contributed by atoms with Crippen molar-refractivity contribution >= 4 is 5.97 Å². The summed E-state index contributed by atoms with van der Waals surface area (Å²) >= 11 is 0. The number of aromatic carboxylic acids is 1. The zero-order chi connectivity index (χ0) is 13.8. The first-order valence-electron chi connectivity index (χ1n) is 6.11. The van der Waals surface area contributed by atoms with E-state index in [4.69, 9.17) is 9.84 Å². The van der Waals surface area contributed by atoms with E-state index < -0.39 is 5.97 Å². The van der Waals surface area contributed by atoms with Gasteiger partial charge in [-0.1, -0.05) is 24.3 Å². The number of carbonyl (C=O) groups is 1. The van der Waals surface area contributed by atoms with Gasteiger partial charge in [-0.3, -0.25) is 0 Å². The maximum absolute atomic E-state index is 11.1. The lowest BCUT2D eigenvalue weighted by Gasteiger charge is -2.11. The van der Waals surface area contributed by atoms with Crippen LogP contribution in [0.15, 0.2) is 36.4 Å². The molecule has 0 aliphatic heterocycles. The van der Waals surface area contributed by atoms with Crippen LogP contribution in [0.25, 0.3) is 11.3 Å². The predicted molar refractivity (Wildman–Crippen MR) is 73.4 cm³/mol. The molecule has 0 amide bonds. The van der Waals surface area contributed by atoms with E-state index in [0.717, 1.165) is 23.2 Å². The van der Waals surface area contributed by atoms with Crippen LogP contribution in [0.1, 0.15) is 16.1 Å². The van der Waals surface area contributed by atoms with E-state index in [9.17, 15) is 4.79 Å². The van der Waals surface area contributed by atoms with Gasteiger partial charge in [0.25, 0.3) is 0 Å². The molecule has 0 saturated carbocycles. The molecular weight excluding hydrogens is 242 g/mol. The van der Waals surface area contributed by atoms with Crippen molar-refractivity contribution in [2.75, 3.05) is 13.7 Å². The summed E-state index contributed by atoms with van der Waals surface area (Å²) in [6, 6.07) is 11.5. The summed E-state index contributed by atoms with van der Waals surface area (Å²) in [6.45, 7) is 0.646. The summed E-state index contributed by atoms with van der Waals surface area (Å²) in [7, 11) is 3.44. The maximum atomic E-state index is 11.1. The lowest BCUT2D eigenvalue weighted by atomic mass is 10.0. The molecule has 1 N–H and O–H groups in total. The monoisotopic (exact) mass is 259 g/mol. The number of carboxylic acid groups (broad SMARTS) is 1. The molecule has 19 heavy (non-hydrogen) atoms. The number of hydrogen-bond acceptors (Lipinski definition) is 2. The molecule has 1 heterocycles. The quantitative estimate of drug-likeness (QED) is 0.897. The number of benzene rings is 1. The fourth-order valence-corrected chi connectivity index (χ4v) is 2.20. The SMILES string of the molecule is COCCc1ccccc1-c1ccc(C(=O)O)n1C. The third-order valence-corrected chi connectivity index (χ3v) is 3.21. The molecule has 4 nitrogen and oxygen atoms in total. The Balaban J connectivity index is 2.44. The van der Waals surface area contributed by atoms with Crippen molar-refractivity contribution in [3.63, 3.8) is 0 Å². The van der Waals surface area contributed by atoms with E-state index in [2.05, 4.69) is 0 Å². The Morgan fingerprint density at radius 3 is 2.63 bits per heavy atom. The molecule has 1 aromatic carbocycles. The van der Waals surface area contributed by atoms with Gasteiger partial charge in [0.2, 0.25) is 0 Å². The highest BCUT2D eigenvalue weighted by molar-refractivity contribution is 5.87. The van der Waals surface area contributed by atoms with E-state index >= 15 is 0 Å². The molecule has 2 rings (SSSR count). The van der Waals surface area contributed by atoms with E-state index in [1.54, 1.807) is 24.8 Å². The number of rotatable bonds is 5. The number of nitrogens with zero attached hydrogens (tertiary/aromatic N) is 1. The Bertz CT molecular complexity index is 587. The lowest BCUT2D eigenvalue weighted by molar-refractivity contribution is 0.0686. The van der Waals surface area contributed by atoms with Crippen molar-refractivity contribution in [2.45, 2.75) is 6.42 Å². The first-order valence-corrected chi connectivity index (χ1v) is 6.11. The summed E-state index contributed by atoms with van der Waals surface area (Å²) < 4.78 is 6.81. The first kappa shape index (κ1) is 13.4. The predicted octanol–water partition coefficient (Wildman–Crippen LogP) is 2.58. The van der Waals surface area contributed by atoms with Crippen molar-refractivity contribution in [1.82, 2.24) is 4.57 Å². The molecule has 0 aliphatic carbocycles. The van der Waals surface area contributed by atoms with Crippen LogP contribution in [0, 0.1) is 0 Å². The average molecular weight is 259 g/mol. The minimum atomic E-state index is -0.914. The standard InChI is InChI=1S/C15H17NO3/c1-16-13(7-8-14(16)15(17)18)12-6-4-3-5-11(12)9-10-19-2/h3-8H,9-10H2,1-2H3,(H,17,18). The molecule has 0 aliphatic rings. The maximum Gasteiger partial charge on any atom is 0.352 e. The second-order valence-corrected chi connectivity index (χ2v) is 4.37.